The zero-order valence-corrected chi connectivity index (χ0v) is 29.6. The number of hydrogen-bond donors (Lipinski definition) is 0. The molecule has 0 aliphatic rings. The van der Waals surface area contributed by atoms with Crippen LogP contribution in [0.2, 0.25) is 0 Å². The van der Waals surface area contributed by atoms with E-state index in [0.29, 0.717) is 0 Å². The van der Waals surface area contributed by atoms with Crippen molar-refractivity contribution >= 4 is 68.0 Å². The standard InChI is InChI=1S/C48H38P2/c1-7-25-42(26-8-1)49(43-27-9-2-10-28-43,44-29-11-3-12-30-44)37-40-23-19-21-39-22-20-24-41(48(39)40)38-50(45-31-13-4-14-32-45,46-33-15-5-16-34-46)47-35-17-6-18-36-47/h1-38H. The molecular formula is C48H38P2. The lowest BCUT2D eigenvalue weighted by atomic mass is 10.0. The Labute approximate surface area is 296 Å². The van der Waals surface area contributed by atoms with Crippen LogP contribution in [0.5, 0.6) is 0 Å². The van der Waals surface area contributed by atoms with Crippen LogP contribution in [0.25, 0.3) is 10.8 Å². The third-order valence-electron chi connectivity index (χ3n) is 9.62. The van der Waals surface area contributed by atoms with Crippen molar-refractivity contribution in [2.24, 2.45) is 0 Å². The van der Waals surface area contributed by atoms with Crippen molar-refractivity contribution in [3.8, 4) is 0 Å². The normalized spacial score (nSPS) is 11.6. The van der Waals surface area contributed by atoms with Crippen molar-refractivity contribution in [3.05, 3.63) is 230 Å². The molecule has 0 radical (unpaired) electrons. The molecule has 0 saturated heterocycles. The van der Waals surface area contributed by atoms with E-state index in [2.05, 4.69) is 230 Å². The van der Waals surface area contributed by atoms with Crippen molar-refractivity contribution in [3.63, 3.8) is 0 Å². The Morgan fingerprint density at radius 2 is 0.480 bits per heavy atom. The molecular weight excluding hydrogens is 638 g/mol. The van der Waals surface area contributed by atoms with Gasteiger partial charge in [0, 0.05) is 0 Å². The molecule has 50 heavy (non-hydrogen) atoms. The summed E-state index contributed by atoms with van der Waals surface area (Å²) in [6, 6.07) is 80.4. The van der Waals surface area contributed by atoms with E-state index in [1.807, 2.05) is 0 Å². The second kappa shape index (κ2) is 14.2. The largest absolute Gasteiger partial charge is 0.0622 e. The highest BCUT2D eigenvalue weighted by atomic mass is 31.2. The molecule has 0 bridgehead atoms. The van der Waals surface area contributed by atoms with E-state index in [9.17, 15) is 0 Å². The molecule has 0 spiro atoms. The van der Waals surface area contributed by atoms with Gasteiger partial charge in [0.25, 0.3) is 0 Å². The zero-order chi connectivity index (χ0) is 33.6. The Morgan fingerprint density at radius 3 is 0.720 bits per heavy atom. The van der Waals surface area contributed by atoms with Gasteiger partial charge in [0.05, 0.1) is 0 Å². The summed E-state index contributed by atoms with van der Waals surface area (Å²) in [6.45, 7) is -4.51. The maximum Gasteiger partial charge on any atom is -0.00376 e. The molecule has 0 unspecified atom stereocenters. The molecule has 0 fully saturated rings. The minimum Gasteiger partial charge on any atom is -0.0622 e. The first-order valence-corrected chi connectivity index (χ1v) is 20.9. The molecule has 0 aliphatic heterocycles. The Morgan fingerprint density at radius 1 is 0.240 bits per heavy atom. The van der Waals surface area contributed by atoms with Crippen molar-refractivity contribution in [2.45, 2.75) is 0 Å². The predicted octanol–water partition coefficient (Wildman–Crippen LogP) is 9.13. The molecule has 8 rings (SSSR count). The van der Waals surface area contributed by atoms with Gasteiger partial charge in [0.15, 0.2) is 0 Å². The summed E-state index contributed by atoms with van der Waals surface area (Å²) in [6.07, 6.45) is 0. The molecule has 240 valence electrons. The van der Waals surface area contributed by atoms with Gasteiger partial charge >= 0.3 is 0 Å². The summed E-state index contributed by atoms with van der Waals surface area (Å²) in [4.78, 5) is 0. The Bertz CT molecular complexity index is 2070. The van der Waals surface area contributed by atoms with Gasteiger partial charge in [-0.2, -0.15) is 0 Å². The molecule has 0 nitrogen and oxygen atoms in total. The summed E-state index contributed by atoms with van der Waals surface area (Å²) in [5.41, 5.74) is 2.51. The summed E-state index contributed by atoms with van der Waals surface area (Å²) >= 11 is 0. The number of hydrogen-bond acceptors (Lipinski definition) is 0. The highest BCUT2D eigenvalue weighted by Gasteiger charge is 2.27. The predicted molar refractivity (Wildman–Crippen MR) is 225 cm³/mol. The van der Waals surface area contributed by atoms with E-state index in [-0.39, 0.29) is 0 Å². The molecule has 2 heteroatoms. The molecule has 0 atom stereocenters. The van der Waals surface area contributed by atoms with E-state index in [0.717, 1.165) is 0 Å². The van der Waals surface area contributed by atoms with Gasteiger partial charge in [0.2, 0.25) is 0 Å². The van der Waals surface area contributed by atoms with Gasteiger partial charge in [-0.05, 0) is 79.1 Å². The fourth-order valence-electron chi connectivity index (χ4n) is 7.35. The highest BCUT2D eigenvalue weighted by molar-refractivity contribution is 7.95. The molecule has 0 aliphatic carbocycles. The fourth-order valence-corrected chi connectivity index (χ4v) is 15.2. The quantitative estimate of drug-likeness (QED) is 0.141. The van der Waals surface area contributed by atoms with Crippen molar-refractivity contribution in [2.75, 3.05) is 0 Å². The summed E-state index contributed by atoms with van der Waals surface area (Å²) < 4.78 is 0. The average Bonchev–Trinajstić information content (AvgIpc) is 3.21. The van der Waals surface area contributed by atoms with Crippen LogP contribution in [0.3, 0.4) is 0 Å². The first-order valence-electron chi connectivity index (χ1n) is 17.1. The zero-order valence-electron chi connectivity index (χ0n) is 27.8. The van der Waals surface area contributed by atoms with Crippen molar-refractivity contribution in [1.82, 2.24) is 0 Å². The molecule has 0 heterocycles. The lowest BCUT2D eigenvalue weighted by molar-refractivity contribution is 1.71. The summed E-state index contributed by atoms with van der Waals surface area (Å²) in [5, 5.41) is 10.6. The third-order valence-corrected chi connectivity index (χ3v) is 17.6. The van der Waals surface area contributed by atoms with Gasteiger partial charge < -0.3 is 0 Å². The van der Waals surface area contributed by atoms with Crippen LogP contribution in [-0.4, -0.2) is 11.6 Å². The molecule has 8 aromatic rings. The van der Waals surface area contributed by atoms with Gasteiger partial charge in [-0.25, -0.2) is 0 Å². The second-order valence-electron chi connectivity index (χ2n) is 12.5. The molecule has 0 aromatic heterocycles. The van der Waals surface area contributed by atoms with E-state index in [1.165, 1.54) is 53.7 Å². The van der Waals surface area contributed by atoms with Gasteiger partial charge in [0.1, 0.15) is 0 Å². The van der Waals surface area contributed by atoms with Crippen LogP contribution in [0.15, 0.2) is 218 Å². The molecule has 8 aromatic carbocycles. The number of rotatable bonds is 8. The van der Waals surface area contributed by atoms with E-state index in [1.54, 1.807) is 0 Å². The second-order valence-corrected chi connectivity index (χ2v) is 19.0. The van der Waals surface area contributed by atoms with Crippen LogP contribution < -0.4 is 31.8 Å². The highest BCUT2D eigenvalue weighted by Crippen LogP contribution is 2.47. The van der Waals surface area contributed by atoms with Crippen LogP contribution in [0.4, 0.5) is 0 Å². The van der Waals surface area contributed by atoms with E-state index < -0.39 is 13.8 Å². The van der Waals surface area contributed by atoms with Crippen molar-refractivity contribution in [1.29, 1.82) is 0 Å². The van der Waals surface area contributed by atoms with Crippen molar-refractivity contribution < 1.29 is 0 Å². The summed E-state index contributed by atoms with van der Waals surface area (Å²) in [5.74, 6) is 5.25. The van der Waals surface area contributed by atoms with E-state index in [4.69, 9.17) is 0 Å². The van der Waals surface area contributed by atoms with E-state index >= 15 is 0 Å². The van der Waals surface area contributed by atoms with Gasteiger partial charge in [-0.1, -0.05) is 218 Å². The van der Waals surface area contributed by atoms with Gasteiger partial charge in [-0.3, -0.25) is 0 Å². The third kappa shape index (κ3) is 5.82. The fraction of sp³-hybridized carbons (Fsp3) is 0. The lowest BCUT2D eigenvalue weighted by Gasteiger charge is -2.30. The van der Waals surface area contributed by atoms with Crippen LogP contribution in [0.1, 0.15) is 11.1 Å². The maximum absolute atomic E-state index is 2.63. The monoisotopic (exact) mass is 676 g/mol. The van der Waals surface area contributed by atoms with Crippen LogP contribution in [0, 0.1) is 0 Å². The van der Waals surface area contributed by atoms with Gasteiger partial charge in [-0.15, -0.1) is 0 Å². The molecule has 0 N–H and O–H groups in total. The minimum atomic E-state index is -2.25. The smallest absolute Gasteiger partial charge is 0.00376 e. The minimum absolute atomic E-state index is 1.24. The topological polar surface area (TPSA) is 0 Å². The molecule has 0 saturated carbocycles. The summed E-state index contributed by atoms with van der Waals surface area (Å²) in [7, 11) is 0. The first kappa shape index (κ1) is 31.9. The number of fused-ring (bicyclic) bond motifs is 1. The lowest BCUT2D eigenvalue weighted by Crippen LogP contribution is -2.27. The first-order chi connectivity index (χ1) is 24.8. The number of benzene rings is 8. The Balaban J connectivity index is 1.53. The maximum atomic E-state index is 2.63. The Hall–Kier alpha value is -5.38. The molecule has 0 amide bonds. The SMILES string of the molecule is C(c1cccc2cccc(C=P(c3ccccc3)(c3ccccc3)c3ccccc3)c12)=P(c1ccccc1)(c1ccccc1)c1ccccc1. The average molecular weight is 677 g/mol. The Kier molecular flexibility index (Phi) is 9.07. The van der Waals surface area contributed by atoms with Crippen LogP contribution >= 0.6 is 13.8 Å². The van der Waals surface area contributed by atoms with Crippen LogP contribution in [-0.2, 0) is 0 Å².